The Morgan fingerprint density at radius 3 is 2.48 bits per heavy atom. The summed E-state index contributed by atoms with van der Waals surface area (Å²) in [6.45, 7) is 8.62. The maximum absolute atomic E-state index is 12.9. The maximum atomic E-state index is 12.9. The van der Waals surface area contributed by atoms with Crippen molar-refractivity contribution < 1.29 is 4.79 Å². The van der Waals surface area contributed by atoms with E-state index in [-0.39, 0.29) is 11.3 Å². The number of hydrogen-bond donors (Lipinski definition) is 1. The molecule has 2 atom stereocenters. The van der Waals surface area contributed by atoms with Crippen LogP contribution in [0.3, 0.4) is 0 Å². The minimum Gasteiger partial charge on any atom is -0.323 e. The molecule has 0 spiro atoms. The maximum Gasteiger partial charge on any atom is 0.234 e. The van der Waals surface area contributed by atoms with E-state index in [0.717, 1.165) is 24.8 Å². The average molecular weight is 324 g/mol. The van der Waals surface area contributed by atoms with Gasteiger partial charge in [0.25, 0.3) is 0 Å². The van der Waals surface area contributed by atoms with E-state index in [1.165, 1.54) is 0 Å². The van der Waals surface area contributed by atoms with Crippen LogP contribution in [0.4, 0.5) is 5.69 Å². The molecule has 0 heterocycles. The molecule has 1 aromatic rings. The molecule has 21 heavy (non-hydrogen) atoms. The topological polar surface area (TPSA) is 29.1 Å². The second-order valence-corrected chi connectivity index (χ2v) is 7.59. The Balaban J connectivity index is 1.92. The number of anilines is 1. The van der Waals surface area contributed by atoms with Gasteiger partial charge in [-0.2, -0.15) is 0 Å². The third kappa shape index (κ3) is 2.03. The van der Waals surface area contributed by atoms with E-state index in [4.69, 9.17) is 23.2 Å². The molecule has 2 saturated carbocycles. The Bertz CT molecular complexity index is 617. The van der Waals surface area contributed by atoms with Gasteiger partial charge >= 0.3 is 0 Å². The quantitative estimate of drug-likeness (QED) is 0.734. The summed E-state index contributed by atoms with van der Waals surface area (Å²) in [4.78, 5) is 12.9. The molecule has 2 nitrogen and oxygen atoms in total. The number of carbonyl (C=O) groups excluding carboxylic acids is 1. The van der Waals surface area contributed by atoms with Crippen LogP contribution in [0, 0.1) is 16.7 Å². The van der Waals surface area contributed by atoms with Crippen molar-refractivity contribution in [2.45, 2.75) is 33.1 Å². The number of nitrogens with one attached hydrogen (secondary N) is 1. The molecule has 0 aliphatic heterocycles. The van der Waals surface area contributed by atoms with Crippen molar-refractivity contribution in [1.29, 1.82) is 0 Å². The van der Waals surface area contributed by atoms with Gasteiger partial charge in [-0.15, -0.1) is 0 Å². The molecule has 2 unspecified atom stereocenters. The van der Waals surface area contributed by atoms with Crippen LogP contribution in [0.15, 0.2) is 30.4 Å². The third-order valence-corrected chi connectivity index (χ3v) is 6.16. The fraction of sp³-hybridized carbons (Fsp3) is 0.471. The van der Waals surface area contributed by atoms with E-state index in [9.17, 15) is 4.79 Å². The second-order valence-electron chi connectivity index (χ2n) is 6.77. The summed E-state index contributed by atoms with van der Waals surface area (Å²) in [5.74, 6) is 0.521. The molecule has 1 aromatic carbocycles. The van der Waals surface area contributed by atoms with Crippen molar-refractivity contribution in [2.24, 2.45) is 16.7 Å². The first kappa shape index (κ1) is 14.9. The summed E-state index contributed by atoms with van der Waals surface area (Å²) < 4.78 is 0. The third-order valence-electron chi connectivity index (χ3n) is 5.53. The fourth-order valence-corrected chi connectivity index (χ4v) is 4.48. The zero-order valence-corrected chi connectivity index (χ0v) is 13.8. The van der Waals surface area contributed by atoms with Gasteiger partial charge in [0, 0.05) is 0 Å². The highest BCUT2D eigenvalue weighted by atomic mass is 35.5. The van der Waals surface area contributed by atoms with Crippen LogP contribution in [-0.2, 0) is 4.79 Å². The van der Waals surface area contributed by atoms with Gasteiger partial charge in [-0.05, 0) is 42.7 Å². The van der Waals surface area contributed by atoms with Crippen LogP contribution in [0.2, 0.25) is 10.0 Å². The molecule has 0 saturated heterocycles. The standard InChI is InChI=1S/C17H19Cl2NO/c1-10-16(2,3)11-7-8-17(10,9-11)15(21)20-14-12(18)5-4-6-13(14)19/h4-6,11H,1,7-9H2,2-3H3,(H,20,21). The number of para-hydroxylation sites is 1. The predicted octanol–water partition coefficient (Wildman–Crippen LogP) is 5.31. The van der Waals surface area contributed by atoms with Gasteiger partial charge in [0.05, 0.1) is 21.1 Å². The van der Waals surface area contributed by atoms with Crippen molar-refractivity contribution in [3.05, 3.63) is 40.4 Å². The van der Waals surface area contributed by atoms with Crippen LogP contribution in [0.25, 0.3) is 0 Å². The Morgan fingerprint density at radius 2 is 1.95 bits per heavy atom. The van der Waals surface area contributed by atoms with E-state index < -0.39 is 5.41 Å². The molecule has 3 rings (SSSR count). The molecule has 2 fully saturated rings. The number of amides is 1. The van der Waals surface area contributed by atoms with Gasteiger partial charge in [-0.3, -0.25) is 4.79 Å². The Morgan fingerprint density at radius 1 is 1.33 bits per heavy atom. The summed E-state index contributed by atoms with van der Waals surface area (Å²) in [5, 5.41) is 3.87. The lowest BCUT2D eigenvalue weighted by Gasteiger charge is -2.37. The monoisotopic (exact) mass is 323 g/mol. The Labute approximate surface area is 135 Å². The van der Waals surface area contributed by atoms with Crippen LogP contribution in [-0.4, -0.2) is 5.91 Å². The number of fused-ring (bicyclic) bond motifs is 2. The minimum atomic E-state index is -0.462. The van der Waals surface area contributed by atoms with Gasteiger partial charge in [0.2, 0.25) is 5.91 Å². The van der Waals surface area contributed by atoms with Crippen molar-refractivity contribution in [3.63, 3.8) is 0 Å². The predicted molar refractivity (Wildman–Crippen MR) is 87.8 cm³/mol. The number of benzene rings is 1. The summed E-state index contributed by atoms with van der Waals surface area (Å²) >= 11 is 12.3. The second kappa shape index (κ2) is 4.76. The van der Waals surface area contributed by atoms with E-state index in [1.807, 2.05) is 0 Å². The molecule has 1 N–H and O–H groups in total. The highest BCUT2D eigenvalue weighted by Gasteiger charge is 2.60. The number of halogens is 2. The lowest BCUT2D eigenvalue weighted by Crippen LogP contribution is -2.37. The van der Waals surface area contributed by atoms with Gasteiger partial charge in [0.1, 0.15) is 0 Å². The average Bonchev–Trinajstić information content (AvgIpc) is 2.94. The van der Waals surface area contributed by atoms with Crippen LogP contribution in [0.5, 0.6) is 0 Å². The summed E-state index contributed by atoms with van der Waals surface area (Å²) in [7, 11) is 0. The van der Waals surface area contributed by atoms with Crippen molar-refractivity contribution in [1.82, 2.24) is 0 Å². The Hall–Kier alpha value is -0.990. The van der Waals surface area contributed by atoms with Crippen molar-refractivity contribution in [2.75, 3.05) is 5.32 Å². The van der Waals surface area contributed by atoms with E-state index in [1.54, 1.807) is 18.2 Å². The summed E-state index contributed by atoms with van der Waals surface area (Å²) in [6.07, 6.45) is 2.83. The first-order chi connectivity index (χ1) is 9.79. The highest BCUT2D eigenvalue weighted by molar-refractivity contribution is 6.39. The Kier molecular flexibility index (Phi) is 3.38. The summed E-state index contributed by atoms with van der Waals surface area (Å²) in [5.41, 5.74) is 1.12. The molecule has 1 amide bonds. The molecule has 2 aliphatic rings. The molecular weight excluding hydrogens is 305 g/mol. The van der Waals surface area contributed by atoms with Crippen LogP contribution < -0.4 is 5.32 Å². The molecule has 2 bridgehead atoms. The minimum absolute atomic E-state index is 0.0180. The number of carbonyl (C=O) groups is 1. The molecule has 0 aromatic heterocycles. The van der Waals surface area contributed by atoms with Gasteiger partial charge in [-0.1, -0.05) is 55.3 Å². The number of hydrogen-bond acceptors (Lipinski definition) is 1. The smallest absolute Gasteiger partial charge is 0.234 e. The van der Waals surface area contributed by atoms with Crippen molar-refractivity contribution >= 4 is 34.8 Å². The van der Waals surface area contributed by atoms with Gasteiger partial charge in [0.15, 0.2) is 0 Å². The lowest BCUT2D eigenvalue weighted by molar-refractivity contribution is -0.123. The SMILES string of the molecule is C=C1C2(C(=O)Nc3c(Cl)cccc3Cl)CCC(C2)C1(C)C. The normalized spacial score (nSPS) is 29.7. The molecule has 2 aliphatic carbocycles. The highest BCUT2D eigenvalue weighted by Crippen LogP contribution is 2.65. The molecule has 0 radical (unpaired) electrons. The van der Waals surface area contributed by atoms with Crippen LogP contribution in [0.1, 0.15) is 33.1 Å². The molecular formula is C17H19Cl2NO. The first-order valence-electron chi connectivity index (χ1n) is 7.24. The van der Waals surface area contributed by atoms with E-state index in [0.29, 0.717) is 21.7 Å². The fourth-order valence-electron chi connectivity index (χ4n) is 3.99. The largest absolute Gasteiger partial charge is 0.323 e. The summed E-state index contributed by atoms with van der Waals surface area (Å²) in [6, 6.07) is 5.22. The molecule has 4 heteroatoms. The van der Waals surface area contributed by atoms with Crippen LogP contribution >= 0.6 is 23.2 Å². The number of rotatable bonds is 2. The molecule has 112 valence electrons. The van der Waals surface area contributed by atoms with Gasteiger partial charge in [-0.25, -0.2) is 0 Å². The van der Waals surface area contributed by atoms with Gasteiger partial charge < -0.3 is 5.32 Å². The zero-order valence-electron chi connectivity index (χ0n) is 12.3. The van der Waals surface area contributed by atoms with Crippen molar-refractivity contribution in [3.8, 4) is 0 Å². The zero-order chi connectivity index (χ0) is 15.4. The van der Waals surface area contributed by atoms with E-state index >= 15 is 0 Å². The van der Waals surface area contributed by atoms with E-state index in [2.05, 4.69) is 25.7 Å². The first-order valence-corrected chi connectivity index (χ1v) is 8.00. The lowest BCUT2D eigenvalue weighted by atomic mass is 9.68.